The van der Waals surface area contributed by atoms with E-state index in [-0.39, 0.29) is 0 Å². The van der Waals surface area contributed by atoms with Gasteiger partial charge in [-0.1, -0.05) is 0 Å². The Morgan fingerprint density at radius 2 is 2.15 bits per heavy atom. The molecule has 0 aliphatic heterocycles. The molecule has 1 unspecified atom stereocenters. The summed E-state index contributed by atoms with van der Waals surface area (Å²) < 4.78 is 27.5. The van der Waals surface area contributed by atoms with Crippen molar-refractivity contribution in [2.45, 2.75) is 32.7 Å². The molecule has 1 N–H and O–H groups in total. The van der Waals surface area contributed by atoms with Crippen LogP contribution in [0, 0.1) is 11.7 Å². The van der Waals surface area contributed by atoms with Crippen LogP contribution >= 0.6 is 12.2 Å². The van der Waals surface area contributed by atoms with Gasteiger partial charge in [-0.2, -0.15) is 0 Å². The third-order valence-electron chi connectivity index (χ3n) is 2.02. The molecule has 1 atom stereocenters. The summed E-state index contributed by atoms with van der Waals surface area (Å²) in [5, 5.41) is 0. The van der Waals surface area contributed by atoms with E-state index in [4.69, 9.17) is 12.2 Å². The van der Waals surface area contributed by atoms with E-state index >= 15 is 0 Å². The summed E-state index contributed by atoms with van der Waals surface area (Å²) >= 11 is 4.89. The zero-order valence-electron chi connectivity index (χ0n) is 7.77. The van der Waals surface area contributed by atoms with Crippen LogP contribution in [-0.4, -0.2) is 15.5 Å². The fourth-order valence-electron chi connectivity index (χ4n) is 1.06. The minimum absolute atomic E-state index is 0.339. The van der Waals surface area contributed by atoms with Crippen molar-refractivity contribution in [3.63, 3.8) is 0 Å². The van der Waals surface area contributed by atoms with Crippen molar-refractivity contribution in [2.24, 2.45) is 0 Å². The normalized spacial score (nSPS) is 14.5. The Morgan fingerprint density at radius 3 is 2.46 bits per heavy atom. The summed E-state index contributed by atoms with van der Waals surface area (Å²) in [7, 11) is 0. The van der Waals surface area contributed by atoms with Crippen LogP contribution in [0.4, 0.5) is 8.78 Å². The van der Waals surface area contributed by atoms with Gasteiger partial charge in [0.15, 0.2) is 4.77 Å². The molecule has 0 bridgehead atoms. The quantitative estimate of drug-likeness (QED) is 0.737. The van der Waals surface area contributed by atoms with Crippen LogP contribution in [0.1, 0.15) is 25.6 Å². The molecule has 0 aliphatic rings. The maximum atomic E-state index is 12.9. The van der Waals surface area contributed by atoms with Crippen LogP contribution in [-0.2, 0) is 0 Å². The predicted molar refractivity (Wildman–Crippen MR) is 49.7 cm³/mol. The number of rotatable bonds is 2. The molecule has 5 heteroatoms. The number of imidazole rings is 1. The summed E-state index contributed by atoms with van der Waals surface area (Å²) in [4.78, 5) is 2.80. The molecule has 0 radical (unpaired) electrons. The molecular weight excluding hydrogens is 194 g/mol. The highest BCUT2D eigenvalue weighted by Crippen LogP contribution is 2.28. The molecule has 1 rings (SSSR count). The molecule has 1 heterocycles. The van der Waals surface area contributed by atoms with Crippen molar-refractivity contribution in [2.75, 3.05) is 0 Å². The first-order valence-corrected chi connectivity index (χ1v) is 4.39. The first kappa shape index (κ1) is 10.4. The summed E-state index contributed by atoms with van der Waals surface area (Å²) in [5.41, 5.74) is 0.793. The van der Waals surface area contributed by atoms with Gasteiger partial charge in [-0.15, -0.1) is 0 Å². The van der Waals surface area contributed by atoms with Gasteiger partial charge in [0.05, 0.1) is 6.04 Å². The van der Waals surface area contributed by atoms with Crippen molar-refractivity contribution >= 4 is 12.2 Å². The molecular formula is C8H12F2N2S. The van der Waals surface area contributed by atoms with Gasteiger partial charge in [-0.05, 0) is 26.1 Å². The Hall–Kier alpha value is -0.710. The van der Waals surface area contributed by atoms with Gasteiger partial charge in [0, 0.05) is 18.8 Å². The molecule has 0 spiro atoms. The highest BCUT2D eigenvalue weighted by molar-refractivity contribution is 7.71. The zero-order chi connectivity index (χ0) is 10.2. The molecule has 0 aromatic carbocycles. The maximum Gasteiger partial charge on any atom is 0.265 e. The Bertz CT molecular complexity index is 348. The van der Waals surface area contributed by atoms with Crippen molar-refractivity contribution in [1.29, 1.82) is 0 Å². The highest BCUT2D eigenvalue weighted by atomic mass is 32.1. The molecule has 0 aliphatic carbocycles. The molecule has 1 aromatic heterocycles. The number of nitrogens with zero attached hydrogens (tertiary/aromatic N) is 1. The second kappa shape index (κ2) is 3.21. The number of aryl methyl sites for hydroxylation is 1. The lowest BCUT2D eigenvalue weighted by molar-refractivity contribution is -0.0264. The van der Waals surface area contributed by atoms with Crippen LogP contribution in [0.5, 0.6) is 0 Å². The third-order valence-corrected chi connectivity index (χ3v) is 2.34. The summed E-state index contributed by atoms with van der Waals surface area (Å²) in [6, 6.07) is -0.912. The molecule has 2 nitrogen and oxygen atoms in total. The molecule has 0 amide bonds. The number of alkyl halides is 2. The third kappa shape index (κ3) is 2.15. The molecule has 0 saturated carbocycles. The van der Waals surface area contributed by atoms with Crippen molar-refractivity contribution in [3.05, 3.63) is 16.7 Å². The SMILES string of the molecule is Cc1cn(C(C)C(C)(F)F)c(=S)[nH]1. The van der Waals surface area contributed by atoms with Crippen molar-refractivity contribution in [1.82, 2.24) is 9.55 Å². The number of aromatic amines is 1. The van der Waals surface area contributed by atoms with E-state index in [2.05, 4.69) is 4.98 Å². The van der Waals surface area contributed by atoms with Gasteiger partial charge in [0.1, 0.15) is 0 Å². The number of hydrogen-bond donors (Lipinski definition) is 1. The summed E-state index contributed by atoms with van der Waals surface area (Å²) in [5.74, 6) is -2.76. The van der Waals surface area contributed by atoms with Crippen LogP contribution in [0.3, 0.4) is 0 Å². The molecule has 13 heavy (non-hydrogen) atoms. The second-order valence-corrected chi connectivity index (χ2v) is 3.67. The number of halogens is 2. The van der Waals surface area contributed by atoms with E-state index in [0.29, 0.717) is 4.77 Å². The van der Waals surface area contributed by atoms with Crippen molar-refractivity contribution in [3.8, 4) is 0 Å². The van der Waals surface area contributed by atoms with E-state index in [1.807, 2.05) is 0 Å². The Kier molecular flexibility index (Phi) is 2.56. The Balaban J connectivity index is 3.09. The van der Waals surface area contributed by atoms with Crippen LogP contribution in [0.15, 0.2) is 6.20 Å². The lowest BCUT2D eigenvalue weighted by Gasteiger charge is -2.20. The van der Waals surface area contributed by atoms with Gasteiger partial charge in [0.2, 0.25) is 0 Å². The number of H-pyrrole nitrogens is 1. The maximum absolute atomic E-state index is 12.9. The molecule has 0 fully saturated rings. The predicted octanol–water partition coefficient (Wildman–Crippen LogP) is 3.07. The van der Waals surface area contributed by atoms with Gasteiger partial charge < -0.3 is 9.55 Å². The van der Waals surface area contributed by atoms with Gasteiger partial charge in [0.25, 0.3) is 5.92 Å². The Labute approximate surface area is 80.6 Å². The van der Waals surface area contributed by atoms with Crippen LogP contribution < -0.4 is 0 Å². The lowest BCUT2D eigenvalue weighted by Crippen LogP contribution is -2.24. The molecule has 0 saturated heterocycles. The number of nitrogens with one attached hydrogen (secondary N) is 1. The first-order valence-electron chi connectivity index (χ1n) is 3.98. The molecule has 74 valence electrons. The number of hydrogen-bond acceptors (Lipinski definition) is 1. The van der Waals surface area contributed by atoms with Crippen LogP contribution in [0.25, 0.3) is 0 Å². The topological polar surface area (TPSA) is 20.7 Å². The smallest absolute Gasteiger partial charge is 0.265 e. The van der Waals surface area contributed by atoms with E-state index in [0.717, 1.165) is 12.6 Å². The minimum atomic E-state index is -2.76. The van der Waals surface area contributed by atoms with E-state index in [1.54, 1.807) is 13.1 Å². The zero-order valence-corrected chi connectivity index (χ0v) is 8.58. The number of aromatic nitrogens is 2. The van der Waals surface area contributed by atoms with Gasteiger partial charge in [-0.25, -0.2) is 8.78 Å². The van der Waals surface area contributed by atoms with E-state index in [1.165, 1.54) is 11.5 Å². The summed E-state index contributed by atoms with van der Waals surface area (Å²) in [6.07, 6.45) is 1.60. The Morgan fingerprint density at radius 1 is 1.62 bits per heavy atom. The lowest BCUT2D eigenvalue weighted by atomic mass is 10.2. The standard InChI is InChI=1S/C8H12F2N2S/c1-5-4-12(7(13)11-5)6(2)8(3,9)10/h4,6H,1-3H3,(H,11,13). The van der Waals surface area contributed by atoms with Crippen molar-refractivity contribution < 1.29 is 8.78 Å². The highest BCUT2D eigenvalue weighted by Gasteiger charge is 2.31. The average Bonchev–Trinajstić information content (AvgIpc) is 2.26. The van der Waals surface area contributed by atoms with E-state index < -0.39 is 12.0 Å². The van der Waals surface area contributed by atoms with E-state index in [9.17, 15) is 8.78 Å². The van der Waals surface area contributed by atoms with Crippen LogP contribution in [0.2, 0.25) is 0 Å². The largest absolute Gasteiger partial charge is 0.335 e. The monoisotopic (exact) mass is 206 g/mol. The minimum Gasteiger partial charge on any atom is -0.335 e. The first-order chi connectivity index (χ1) is 5.82. The summed E-state index contributed by atoms with van der Waals surface area (Å²) in [6.45, 7) is 4.12. The van der Waals surface area contributed by atoms with Gasteiger partial charge >= 0.3 is 0 Å². The molecule has 1 aromatic rings. The average molecular weight is 206 g/mol. The second-order valence-electron chi connectivity index (χ2n) is 3.28. The fourth-order valence-corrected chi connectivity index (χ4v) is 1.44. The van der Waals surface area contributed by atoms with Gasteiger partial charge in [-0.3, -0.25) is 0 Å². The fraction of sp³-hybridized carbons (Fsp3) is 0.625.